The zero-order valence-corrected chi connectivity index (χ0v) is 10.8. The second-order valence-corrected chi connectivity index (χ2v) is 5.20. The number of rotatable bonds is 8. The SMILES string of the molecule is CCCCC(CNC(C)C)CC(C)C. The molecule has 0 amide bonds. The Balaban J connectivity index is 3.72. The van der Waals surface area contributed by atoms with Gasteiger partial charge in [0.2, 0.25) is 0 Å². The van der Waals surface area contributed by atoms with E-state index in [0.29, 0.717) is 6.04 Å². The third kappa shape index (κ3) is 8.55. The smallest absolute Gasteiger partial charge is 0.00104 e. The second-order valence-electron chi connectivity index (χ2n) is 5.20. The van der Waals surface area contributed by atoms with Crippen molar-refractivity contribution in [1.82, 2.24) is 5.32 Å². The maximum absolute atomic E-state index is 3.56. The van der Waals surface area contributed by atoms with Gasteiger partial charge >= 0.3 is 0 Å². The summed E-state index contributed by atoms with van der Waals surface area (Å²) in [6, 6.07) is 0.631. The topological polar surface area (TPSA) is 12.0 Å². The van der Waals surface area contributed by atoms with E-state index in [0.717, 1.165) is 11.8 Å². The zero-order valence-electron chi connectivity index (χ0n) is 10.8. The van der Waals surface area contributed by atoms with Crippen molar-refractivity contribution in [2.24, 2.45) is 11.8 Å². The highest BCUT2D eigenvalue weighted by molar-refractivity contribution is 4.66. The molecule has 14 heavy (non-hydrogen) atoms. The van der Waals surface area contributed by atoms with Crippen LogP contribution in [0, 0.1) is 11.8 Å². The molecule has 0 aliphatic heterocycles. The van der Waals surface area contributed by atoms with Gasteiger partial charge in [-0.05, 0) is 31.2 Å². The lowest BCUT2D eigenvalue weighted by Gasteiger charge is -2.20. The summed E-state index contributed by atoms with van der Waals surface area (Å²) in [7, 11) is 0. The van der Waals surface area contributed by atoms with Gasteiger partial charge in [0.1, 0.15) is 0 Å². The van der Waals surface area contributed by atoms with Gasteiger partial charge in [0.25, 0.3) is 0 Å². The van der Waals surface area contributed by atoms with Crippen molar-refractivity contribution >= 4 is 0 Å². The van der Waals surface area contributed by atoms with Crippen molar-refractivity contribution in [3.05, 3.63) is 0 Å². The molecule has 0 aromatic carbocycles. The van der Waals surface area contributed by atoms with Crippen LogP contribution in [0.25, 0.3) is 0 Å². The number of nitrogens with one attached hydrogen (secondary N) is 1. The highest BCUT2D eigenvalue weighted by Gasteiger charge is 2.10. The molecule has 0 aliphatic carbocycles. The molecule has 0 heterocycles. The molecule has 0 rings (SSSR count). The molecule has 0 fully saturated rings. The minimum atomic E-state index is 0.631. The third-order valence-electron chi connectivity index (χ3n) is 2.59. The molecule has 0 aromatic heterocycles. The molecule has 0 saturated carbocycles. The minimum Gasteiger partial charge on any atom is -0.314 e. The first kappa shape index (κ1) is 14.0. The summed E-state index contributed by atoms with van der Waals surface area (Å²) in [5, 5.41) is 3.56. The Kier molecular flexibility index (Phi) is 8.26. The fourth-order valence-electron chi connectivity index (χ4n) is 1.87. The van der Waals surface area contributed by atoms with E-state index in [1.807, 2.05) is 0 Å². The molecular weight excluding hydrogens is 170 g/mol. The van der Waals surface area contributed by atoms with Crippen LogP contribution in [-0.2, 0) is 0 Å². The normalized spacial score (nSPS) is 13.9. The van der Waals surface area contributed by atoms with E-state index in [1.165, 1.54) is 32.2 Å². The van der Waals surface area contributed by atoms with Crippen LogP contribution in [0.3, 0.4) is 0 Å². The molecule has 1 heteroatoms. The molecule has 1 nitrogen and oxygen atoms in total. The van der Waals surface area contributed by atoms with Crippen molar-refractivity contribution in [2.75, 3.05) is 6.54 Å². The lowest BCUT2D eigenvalue weighted by molar-refractivity contribution is 0.348. The second kappa shape index (κ2) is 8.28. The fraction of sp³-hybridized carbons (Fsp3) is 1.00. The Bertz CT molecular complexity index is 118. The summed E-state index contributed by atoms with van der Waals surface area (Å²) in [5.41, 5.74) is 0. The molecule has 0 bridgehead atoms. The maximum Gasteiger partial charge on any atom is 0.00104 e. The van der Waals surface area contributed by atoms with Gasteiger partial charge in [-0.25, -0.2) is 0 Å². The van der Waals surface area contributed by atoms with Crippen LogP contribution in [0.1, 0.15) is 60.3 Å². The molecule has 1 unspecified atom stereocenters. The Morgan fingerprint density at radius 3 is 2.14 bits per heavy atom. The Hall–Kier alpha value is -0.0400. The van der Waals surface area contributed by atoms with Crippen molar-refractivity contribution in [3.63, 3.8) is 0 Å². The van der Waals surface area contributed by atoms with Crippen LogP contribution in [0.5, 0.6) is 0 Å². The van der Waals surface area contributed by atoms with Crippen molar-refractivity contribution in [3.8, 4) is 0 Å². The first-order valence-electron chi connectivity index (χ1n) is 6.29. The molecule has 1 N–H and O–H groups in total. The average molecular weight is 199 g/mol. The van der Waals surface area contributed by atoms with Gasteiger partial charge in [-0.1, -0.05) is 47.5 Å². The summed E-state index contributed by atoms with van der Waals surface area (Å²) in [6.07, 6.45) is 5.49. The van der Waals surface area contributed by atoms with Gasteiger partial charge in [0.05, 0.1) is 0 Å². The van der Waals surface area contributed by atoms with Crippen LogP contribution in [0.2, 0.25) is 0 Å². The largest absolute Gasteiger partial charge is 0.314 e. The minimum absolute atomic E-state index is 0.631. The van der Waals surface area contributed by atoms with Gasteiger partial charge in [0, 0.05) is 6.04 Å². The summed E-state index contributed by atoms with van der Waals surface area (Å²) in [6.45, 7) is 12.6. The van der Waals surface area contributed by atoms with Gasteiger partial charge in [-0.2, -0.15) is 0 Å². The standard InChI is InChI=1S/C13H29N/c1-6-7-8-13(9-11(2)3)10-14-12(4)5/h11-14H,6-10H2,1-5H3. The van der Waals surface area contributed by atoms with Crippen molar-refractivity contribution < 1.29 is 0 Å². The van der Waals surface area contributed by atoms with E-state index in [-0.39, 0.29) is 0 Å². The molecular formula is C13H29N. The molecule has 0 radical (unpaired) electrons. The van der Waals surface area contributed by atoms with E-state index in [4.69, 9.17) is 0 Å². The van der Waals surface area contributed by atoms with E-state index in [2.05, 4.69) is 39.9 Å². The summed E-state index contributed by atoms with van der Waals surface area (Å²) in [5.74, 6) is 1.73. The average Bonchev–Trinajstić information content (AvgIpc) is 2.09. The van der Waals surface area contributed by atoms with Crippen LogP contribution in [0.15, 0.2) is 0 Å². The van der Waals surface area contributed by atoms with Gasteiger partial charge < -0.3 is 5.32 Å². The van der Waals surface area contributed by atoms with Gasteiger partial charge in [-0.3, -0.25) is 0 Å². The van der Waals surface area contributed by atoms with Crippen LogP contribution < -0.4 is 5.32 Å². The van der Waals surface area contributed by atoms with Crippen molar-refractivity contribution in [1.29, 1.82) is 0 Å². The van der Waals surface area contributed by atoms with Crippen LogP contribution in [-0.4, -0.2) is 12.6 Å². The maximum atomic E-state index is 3.56. The quantitative estimate of drug-likeness (QED) is 0.626. The molecule has 0 spiro atoms. The molecule has 86 valence electrons. The van der Waals surface area contributed by atoms with Gasteiger partial charge in [0.15, 0.2) is 0 Å². The first-order valence-corrected chi connectivity index (χ1v) is 6.29. The van der Waals surface area contributed by atoms with Gasteiger partial charge in [-0.15, -0.1) is 0 Å². The van der Waals surface area contributed by atoms with E-state index in [9.17, 15) is 0 Å². The number of hydrogen-bond donors (Lipinski definition) is 1. The number of hydrogen-bond acceptors (Lipinski definition) is 1. The highest BCUT2D eigenvalue weighted by atomic mass is 14.9. The predicted octanol–water partition coefficient (Wildman–Crippen LogP) is 3.84. The first-order chi connectivity index (χ1) is 6.56. The van der Waals surface area contributed by atoms with E-state index < -0.39 is 0 Å². The Labute approximate surface area is 90.7 Å². The van der Waals surface area contributed by atoms with E-state index >= 15 is 0 Å². The lowest BCUT2D eigenvalue weighted by atomic mass is 9.92. The third-order valence-corrected chi connectivity index (χ3v) is 2.59. The lowest BCUT2D eigenvalue weighted by Crippen LogP contribution is -2.29. The molecule has 0 saturated heterocycles. The monoisotopic (exact) mass is 199 g/mol. The van der Waals surface area contributed by atoms with Crippen LogP contribution in [0.4, 0.5) is 0 Å². The molecule has 0 aliphatic rings. The zero-order chi connectivity index (χ0) is 11.0. The summed E-state index contributed by atoms with van der Waals surface area (Å²) in [4.78, 5) is 0. The number of unbranched alkanes of at least 4 members (excludes halogenated alkanes) is 1. The fourth-order valence-corrected chi connectivity index (χ4v) is 1.87. The van der Waals surface area contributed by atoms with Crippen molar-refractivity contribution in [2.45, 2.75) is 66.3 Å². The predicted molar refractivity (Wildman–Crippen MR) is 65.6 cm³/mol. The highest BCUT2D eigenvalue weighted by Crippen LogP contribution is 2.17. The Morgan fingerprint density at radius 1 is 1.07 bits per heavy atom. The molecule has 0 aromatic rings. The molecule has 1 atom stereocenters. The van der Waals surface area contributed by atoms with E-state index in [1.54, 1.807) is 0 Å². The summed E-state index contributed by atoms with van der Waals surface area (Å²) >= 11 is 0. The van der Waals surface area contributed by atoms with Crippen LogP contribution >= 0.6 is 0 Å². The summed E-state index contributed by atoms with van der Waals surface area (Å²) < 4.78 is 0. The Morgan fingerprint density at radius 2 is 1.71 bits per heavy atom.